The Labute approximate surface area is 297 Å². The molecule has 0 saturated carbocycles. The second-order valence-electron chi connectivity index (χ2n) is 14.8. The van der Waals surface area contributed by atoms with Crippen LogP contribution in [0.5, 0.6) is 0 Å². The van der Waals surface area contributed by atoms with Crippen LogP contribution in [0.1, 0.15) is 25.0 Å². The van der Waals surface area contributed by atoms with Gasteiger partial charge in [0.25, 0.3) is 0 Å². The normalized spacial score (nSPS) is 13.5. The van der Waals surface area contributed by atoms with Crippen LogP contribution in [0, 0.1) is 0 Å². The third-order valence-electron chi connectivity index (χ3n) is 11.8. The molecule has 10 aromatic rings. The molecule has 1 aliphatic rings. The highest BCUT2D eigenvalue weighted by Gasteiger charge is 2.40. The maximum Gasteiger partial charge on any atom is 0.0171 e. The first-order valence-electron chi connectivity index (χ1n) is 18.0. The van der Waals surface area contributed by atoms with Gasteiger partial charge in [0.2, 0.25) is 0 Å². The fourth-order valence-corrected chi connectivity index (χ4v) is 9.74. The number of fused-ring (bicyclic) bond motifs is 13. The van der Waals surface area contributed by atoms with Crippen LogP contribution >= 0.6 is 0 Å². The summed E-state index contributed by atoms with van der Waals surface area (Å²) in [4.78, 5) is 0. The zero-order valence-corrected chi connectivity index (χ0v) is 28.7. The van der Waals surface area contributed by atoms with Crippen molar-refractivity contribution in [2.45, 2.75) is 19.3 Å². The first-order valence-corrected chi connectivity index (χ1v) is 18.0. The van der Waals surface area contributed by atoms with Crippen LogP contribution in [0.2, 0.25) is 0 Å². The molecule has 0 radical (unpaired) electrons. The van der Waals surface area contributed by atoms with E-state index >= 15 is 0 Å². The first kappa shape index (κ1) is 28.6. The van der Waals surface area contributed by atoms with Crippen LogP contribution < -0.4 is 0 Å². The highest BCUT2D eigenvalue weighted by atomic mass is 14.4. The Morgan fingerprint density at radius 3 is 1.39 bits per heavy atom. The van der Waals surface area contributed by atoms with Gasteiger partial charge in [0.1, 0.15) is 0 Å². The lowest BCUT2D eigenvalue weighted by atomic mass is 9.75. The minimum Gasteiger partial charge on any atom is -0.0616 e. The Bertz CT molecular complexity index is 3050. The second kappa shape index (κ2) is 10.4. The topological polar surface area (TPSA) is 0 Å². The molecule has 0 aromatic heterocycles. The molecule has 0 aliphatic heterocycles. The lowest BCUT2D eigenvalue weighted by molar-refractivity contribution is 0.668. The summed E-state index contributed by atoms with van der Waals surface area (Å²) in [5.41, 5.74) is 10.6. The quantitative estimate of drug-likeness (QED) is 0.129. The molecule has 0 unspecified atom stereocenters. The van der Waals surface area contributed by atoms with Crippen molar-refractivity contribution in [3.63, 3.8) is 0 Å². The lowest BCUT2D eigenvalue weighted by Gasteiger charge is -2.27. The third kappa shape index (κ3) is 3.85. The van der Waals surface area contributed by atoms with Crippen LogP contribution in [0.4, 0.5) is 0 Å². The predicted octanol–water partition coefficient (Wildman–Crippen LogP) is 14.2. The second-order valence-corrected chi connectivity index (χ2v) is 14.8. The van der Waals surface area contributed by atoms with Crippen LogP contribution in [0.25, 0.3) is 98.0 Å². The summed E-state index contributed by atoms with van der Waals surface area (Å²) in [5.74, 6) is 0. The maximum absolute atomic E-state index is 2.44. The standard InChI is InChI=1S/C51H34/c1-51(2)49-44(24-13-25-45(49)48-38-18-7-5-16-36(38)37-17-6-12-23-43(37)50(48)51)47-41-21-10-8-19-39(41)46(40-20-9-11-22-42(40)47)33-28-29-35-32(30-33)27-26-31-14-3-4-15-34(31)35/h3-30H,1-2H3. The molecule has 0 spiro atoms. The zero-order valence-electron chi connectivity index (χ0n) is 28.7. The Kier molecular flexibility index (Phi) is 5.82. The molecule has 0 nitrogen and oxygen atoms in total. The molecule has 0 atom stereocenters. The first-order chi connectivity index (χ1) is 25.1. The van der Waals surface area contributed by atoms with Crippen molar-refractivity contribution in [2.24, 2.45) is 0 Å². The minimum absolute atomic E-state index is 0.215. The van der Waals surface area contributed by atoms with Crippen LogP contribution in [-0.2, 0) is 5.41 Å². The third-order valence-corrected chi connectivity index (χ3v) is 11.8. The van der Waals surface area contributed by atoms with Crippen molar-refractivity contribution >= 4 is 64.6 Å². The van der Waals surface area contributed by atoms with Crippen molar-refractivity contribution in [1.29, 1.82) is 0 Å². The molecule has 0 bridgehead atoms. The smallest absolute Gasteiger partial charge is 0.0171 e. The van der Waals surface area contributed by atoms with Crippen LogP contribution in [0.15, 0.2) is 170 Å². The van der Waals surface area contributed by atoms with Gasteiger partial charge >= 0.3 is 0 Å². The Morgan fingerprint density at radius 1 is 0.294 bits per heavy atom. The van der Waals surface area contributed by atoms with Gasteiger partial charge in [0, 0.05) is 5.41 Å². The molecular weight excluding hydrogens is 613 g/mol. The summed E-state index contributed by atoms with van der Waals surface area (Å²) in [5, 5.41) is 15.6. The highest BCUT2D eigenvalue weighted by molar-refractivity contribution is 6.24. The maximum atomic E-state index is 2.44. The lowest BCUT2D eigenvalue weighted by Crippen LogP contribution is -2.17. The highest BCUT2D eigenvalue weighted by Crippen LogP contribution is 2.58. The molecule has 0 heterocycles. The summed E-state index contributed by atoms with van der Waals surface area (Å²) in [6.07, 6.45) is 0. The number of hydrogen-bond donors (Lipinski definition) is 0. The average Bonchev–Trinajstić information content (AvgIpc) is 3.43. The summed E-state index contributed by atoms with van der Waals surface area (Å²) in [6, 6.07) is 63.5. The van der Waals surface area contributed by atoms with Gasteiger partial charge in [-0.1, -0.05) is 178 Å². The van der Waals surface area contributed by atoms with Gasteiger partial charge < -0.3 is 0 Å². The summed E-state index contributed by atoms with van der Waals surface area (Å²) in [7, 11) is 0. The molecule has 1 aliphatic carbocycles. The van der Waals surface area contributed by atoms with Crippen LogP contribution in [0.3, 0.4) is 0 Å². The van der Waals surface area contributed by atoms with E-state index in [-0.39, 0.29) is 5.41 Å². The van der Waals surface area contributed by atoms with E-state index in [4.69, 9.17) is 0 Å². The molecule has 0 N–H and O–H groups in total. The number of benzene rings is 10. The minimum atomic E-state index is -0.215. The molecular formula is C51H34. The van der Waals surface area contributed by atoms with Crippen molar-refractivity contribution in [3.05, 3.63) is 181 Å². The zero-order chi connectivity index (χ0) is 33.8. The van der Waals surface area contributed by atoms with Gasteiger partial charge in [-0.2, -0.15) is 0 Å². The van der Waals surface area contributed by atoms with Gasteiger partial charge in [0.05, 0.1) is 0 Å². The van der Waals surface area contributed by atoms with E-state index in [1.54, 1.807) is 0 Å². The molecule has 11 rings (SSSR count). The number of hydrogen-bond acceptors (Lipinski definition) is 0. The number of rotatable bonds is 2. The molecule has 0 heteroatoms. The molecule has 0 saturated heterocycles. The van der Waals surface area contributed by atoms with Crippen molar-refractivity contribution in [1.82, 2.24) is 0 Å². The predicted molar refractivity (Wildman–Crippen MR) is 220 cm³/mol. The van der Waals surface area contributed by atoms with E-state index in [0.717, 1.165) is 0 Å². The van der Waals surface area contributed by atoms with Crippen LogP contribution in [-0.4, -0.2) is 0 Å². The van der Waals surface area contributed by atoms with E-state index in [1.807, 2.05) is 0 Å². The molecule has 238 valence electrons. The fraction of sp³-hybridized carbons (Fsp3) is 0.0588. The van der Waals surface area contributed by atoms with Gasteiger partial charge in [-0.3, -0.25) is 0 Å². The average molecular weight is 647 g/mol. The van der Waals surface area contributed by atoms with E-state index in [9.17, 15) is 0 Å². The SMILES string of the molecule is CC1(C)c2c(-c3c4ccccc4c(-c4ccc5c(ccc6ccccc65)c4)c4ccccc34)cccc2-c2c1c1ccccc1c1ccccc21. The Hall–Kier alpha value is -6.24. The van der Waals surface area contributed by atoms with E-state index in [1.165, 1.54) is 109 Å². The monoisotopic (exact) mass is 646 g/mol. The van der Waals surface area contributed by atoms with Gasteiger partial charge in [-0.05, 0) is 115 Å². The van der Waals surface area contributed by atoms with E-state index in [2.05, 4.69) is 184 Å². The Morgan fingerprint density at radius 2 is 0.745 bits per heavy atom. The van der Waals surface area contributed by atoms with Crippen molar-refractivity contribution < 1.29 is 0 Å². The van der Waals surface area contributed by atoms with E-state index in [0.29, 0.717) is 0 Å². The van der Waals surface area contributed by atoms with Gasteiger partial charge in [-0.25, -0.2) is 0 Å². The molecule has 0 amide bonds. The summed E-state index contributed by atoms with van der Waals surface area (Å²) >= 11 is 0. The van der Waals surface area contributed by atoms with Gasteiger partial charge in [0.15, 0.2) is 0 Å². The molecule has 51 heavy (non-hydrogen) atoms. The summed E-state index contributed by atoms with van der Waals surface area (Å²) < 4.78 is 0. The van der Waals surface area contributed by atoms with Crippen molar-refractivity contribution in [3.8, 4) is 33.4 Å². The Balaban J connectivity index is 1.23. The van der Waals surface area contributed by atoms with Gasteiger partial charge in [-0.15, -0.1) is 0 Å². The molecule has 0 fully saturated rings. The van der Waals surface area contributed by atoms with Crippen molar-refractivity contribution in [2.75, 3.05) is 0 Å². The largest absolute Gasteiger partial charge is 0.0616 e. The van der Waals surface area contributed by atoms with E-state index < -0.39 is 0 Å². The fourth-order valence-electron chi connectivity index (χ4n) is 9.74. The molecule has 10 aromatic carbocycles. The summed E-state index contributed by atoms with van der Waals surface area (Å²) in [6.45, 7) is 4.89.